The second kappa shape index (κ2) is 8.32. The third kappa shape index (κ3) is 3.85. The van der Waals surface area contributed by atoms with Gasteiger partial charge in [0.1, 0.15) is 0 Å². The first-order chi connectivity index (χ1) is 8.58. The van der Waals surface area contributed by atoms with Crippen molar-refractivity contribution in [1.82, 2.24) is 4.90 Å². The standard InChI is InChI=1S/C15H16ClNS.CH3.BrH.Mg/c1-9(2)15-11-8-17(3)7-6-10-12(16)4-5-13(18-15)14(10)11;;;/h4-5H,1,6-8H2,2-3H3;1H3;1H;/q;-1;;+2/p-1. The van der Waals surface area contributed by atoms with Crippen LogP contribution in [-0.2, 0) is 13.0 Å². The van der Waals surface area contributed by atoms with Gasteiger partial charge in [-0.2, -0.15) is 0 Å². The van der Waals surface area contributed by atoms with Crippen molar-refractivity contribution in [3.05, 3.63) is 47.2 Å². The Kier molecular flexibility index (Phi) is 8.48. The third-order valence-electron chi connectivity index (χ3n) is 3.56. The van der Waals surface area contributed by atoms with Crippen molar-refractivity contribution in [2.75, 3.05) is 13.6 Å². The van der Waals surface area contributed by atoms with E-state index in [4.69, 9.17) is 11.6 Å². The molecule has 0 saturated heterocycles. The van der Waals surface area contributed by atoms with Crippen molar-refractivity contribution in [2.45, 2.75) is 19.9 Å². The summed E-state index contributed by atoms with van der Waals surface area (Å²) in [5.41, 5.74) is 3.89. The quantitative estimate of drug-likeness (QED) is 0.523. The molecule has 0 atom stereocenters. The largest absolute Gasteiger partial charge is 2.00 e. The Morgan fingerprint density at radius 1 is 1.33 bits per heavy atom. The van der Waals surface area contributed by atoms with Crippen molar-refractivity contribution in [1.29, 1.82) is 0 Å². The fourth-order valence-electron chi connectivity index (χ4n) is 2.69. The van der Waals surface area contributed by atoms with Gasteiger partial charge >= 0.3 is 23.1 Å². The maximum absolute atomic E-state index is 6.38. The van der Waals surface area contributed by atoms with E-state index in [2.05, 4.69) is 31.5 Å². The molecule has 1 aromatic carbocycles. The topological polar surface area (TPSA) is 3.24 Å². The number of benzene rings is 1. The van der Waals surface area contributed by atoms with Crippen LogP contribution in [0.2, 0.25) is 5.02 Å². The third-order valence-corrected chi connectivity index (χ3v) is 5.28. The van der Waals surface area contributed by atoms with E-state index in [1.807, 2.05) is 17.4 Å². The van der Waals surface area contributed by atoms with Crippen LogP contribution in [0.3, 0.4) is 0 Å². The van der Waals surface area contributed by atoms with Gasteiger partial charge in [-0.3, -0.25) is 0 Å². The zero-order valence-electron chi connectivity index (χ0n) is 12.8. The smallest absolute Gasteiger partial charge is 1.00 e. The number of thiophene rings is 1. The van der Waals surface area contributed by atoms with E-state index in [1.165, 1.54) is 26.1 Å². The molecule has 1 nitrogen and oxygen atoms in total. The summed E-state index contributed by atoms with van der Waals surface area (Å²) in [6.45, 7) is 8.27. The van der Waals surface area contributed by atoms with Crippen LogP contribution in [0, 0.1) is 7.43 Å². The van der Waals surface area contributed by atoms with E-state index in [-0.39, 0.29) is 47.5 Å². The number of halogens is 2. The van der Waals surface area contributed by atoms with Gasteiger partial charge in [0.2, 0.25) is 0 Å². The van der Waals surface area contributed by atoms with E-state index in [0.717, 1.165) is 30.1 Å². The molecule has 0 bridgehead atoms. The van der Waals surface area contributed by atoms with Crippen LogP contribution in [0.5, 0.6) is 0 Å². The van der Waals surface area contributed by atoms with Gasteiger partial charge in [0.15, 0.2) is 0 Å². The minimum Gasteiger partial charge on any atom is -1.00 e. The number of likely N-dealkylation sites (N-methyl/N-ethyl adjacent to an activating group) is 1. The Bertz CT molecular complexity index is 653. The van der Waals surface area contributed by atoms with Crippen LogP contribution in [-0.4, -0.2) is 41.5 Å². The fourth-order valence-corrected chi connectivity index (χ4v) is 4.11. The summed E-state index contributed by atoms with van der Waals surface area (Å²) in [5, 5.41) is 2.29. The fraction of sp³-hybridized carbons (Fsp3) is 0.312. The number of hydrogen-bond donors (Lipinski definition) is 0. The molecule has 0 aliphatic carbocycles. The van der Waals surface area contributed by atoms with Crippen LogP contribution in [0.25, 0.3) is 15.7 Å². The van der Waals surface area contributed by atoms with Gasteiger partial charge in [-0.15, -0.1) is 11.3 Å². The van der Waals surface area contributed by atoms with E-state index in [1.54, 1.807) is 0 Å². The molecule has 21 heavy (non-hydrogen) atoms. The molecule has 1 aliphatic rings. The SMILES string of the molecule is C=C(C)c1sc2ccc(Cl)c3c2c1CN(C)CC3.[Br-].[CH3-].[Mg+2]. The zero-order valence-corrected chi connectivity index (χ0v) is 17.4. The van der Waals surface area contributed by atoms with Gasteiger partial charge in [0.25, 0.3) is 0 Å². The van der Waals surface area contributed by atoms with Crippen molar-refractivity contribution in [3.8, 4) is 0 Å². The minimum atomic E-state index is 0. The number of hydrogen-bond acceptors (Lipinski definition) is 2. The molecule has 0 saturated carbocycles. The molecule has 0 fully saturated rings. The van der Waals surface area contributed by atoms with Gasteiger partial charge < -0.3 is 29.3 Å². The van der Waals surface area contributed by atoms with Gasteiger partial charge in [-0.25, -0.2) is 0 Å². The van der Waals surface area contributed by atoms with Gasteiger partial charge in [-0.05, 0) is 49.2 Å². The second-order valence-electron chi connectivity index (χ2n) is 5.08. The number of nitrogens with zero attached hydrogens (tertiary/aromatic N) is 1. The number of rotatable bonds is 1. The van der Waals surface area contributed by atoms with E-state index in [0.29, 0.717) is 0 Å². The maximum atomic E-state index is 6.38. The monoisotopic (exact) mass is 395 g/mol. The van der Waals surface area contributed by atoms with Crippen LogP contribution >= 0.6 is 22.9 Å². The predicted molar refractivity (Wildman–Crippen MR) is 93.7 cm³/mol. The summed E-state index contributed by atoms with van der Waals surface area (Å²) in [6, 6.07) is 4.18. The Balaban J connectivity index is 0.00000133. The van der Waals surface area contributed by atoms with Crippen LogP contribution < -0.4 is 17.0 Å². The van der Waals surface area contributed by atoms with Gasteiger partial charge in [0.05, 0.1) is 0 Å². The van der Waals surface area contributed by atoms with Crippen molar-refractivity contribution >= 4 is 61.6 Å². The molecule has 0 amide bonds. The van der Waals surface area contributed by atoms with Crippen molar-refractivity contribution in [2.24, 2.45) is 0 Å². The van der Waals surface area contributed by atoms with Crippen molar-refractivity contribution in [3.63, 3.8) is 0 Å². The molecule has 3 rings (SSSR count). The summed E-state index contributed by atoms with van der Waals surface area (Å²) in [4.78, 5) is 3.70. The first-order valence-corrected chi connectivity index (χ1v) is 7.34. The molecule has 5 heteroatoms. The molecule has 110 valence electrons. The molecule has 1 aromatic heterocycles. The molecular formula is C16H19BrClMgNS. The molecule has 2 heterocycles. The van der Waals surface area contributed by atoms with E-state index >= 15 is 0 Å². The summed E-state index contributed by atoms with van der Waals surface area (Å²) in [6.07, 6.45) is 1.03. The van der Waals surface area contributed by atoms with Crippen LogP contribution in [0.4, 0.5) is 0 Å². The van der Waals surface area contributed by atoms with E-state index < -0.39 is 0 Å². The molecule has 0 radical (unpaired) electrons. The Hall–Kier alpha value is 0.416. The molecule has 1 aliphatic heterocycles. The summed E-state index contributed by atoms with van der Waals surface area (Å²) in [7, 11) is 2.17. The normalized spacial score (nSPS) is 13.7. The second-order valence-corrected chi connectivity index (χ2v) is 6.54. The average molecular weight is 397 g/mol. The maximum Gasteiger partial charge on any atom is 2.00 e. The molecule has 0 unspecified atom stereocenters. The van der Waals surface area contributed by atoms with Crippen LogP contribution in [0.1, 0.15) is 22.9 Å². The summed E-state index contributed by atoms with van der Waals surface area (Å²) in [5.74, 6) is 0. The molecule has 0 spiro atoms. The van der Waals surface area contributed by atoms with E-state index in [9.17, 15) is 0 Å². The van der Waals surface area contributed by atoms with Crippen molar-refractivity contribution < 1.29 is 17.0 Å². The molecule has 0 N–H and O–H groups in total. The number of allylic oxidation sites excluding steroid dienone is 1. The first-order valence-electron chi connectivity index (χ1n) is 6.15. The Labute approximate surface area is 163 Å². The van der Waals surface area contributed by atoms with Gasteiger partial charge in [0, 0.05) is 33.1 Å². The Morgan fingerprint density at radius 2 is 2.00 bits per heavy atom. The summed E-state index contributed by atoms with van der Waals surface area (Å²) >= 11 is 8.23. The molecule has 2 aromatic rings. The predicted octanol–water partition coefficient (Wildman–Crippen LogP) is 1.65. The Morgan fingerprint density at radius 3 is 2.62 bits per heavy atom. The van der Waals surface area contributed by atoms with Crippen LogP contribution in [0.15, 0.2) is 18.7 Å². The first kappa shape index (κ1) is 21.4. The average Bonchev–Trinajstić information content (AvgIpc) is 2.57. The molecular weight excluding hydrogens is 378 g/mol. The van der Waals surface area contributed by atoms with Gasteiger partial charge in [-0.1, -0.05) is 18.2 Å². The summed E-state index contributed by atoms with van der Waals surface area (Å²) < 4.78 is 1.35. The zero-order chi connectivity index (χ0) is 12.9. The minimum absolute atomic E-state index is 0.